The lowest BCUT2D eigenvalue weighted by molar-refractivity contribution is 0.309. The van der Waals surface area contributed by atoms with E-state index in [4.69, 9.17) is 4.98 Å². The Morgan fingerprint density at radius 2 is 1.65 bits per heavy atom. The molecule has 1 aromatic carbocycles. The van der Waals surface area contributed by atoms with Crippen LogP contribution in [0.3, 0.4) is 0 Å². The van der Waals surface area contributed by atoms with Crippen LogP contribution >= 0.6 is 0 Å². The lowest BCUT2D eigenvalue weighted by Crippen LogP contribution is -2.30. The fourth-order valence-electron chi connectivity index (χ4n) is 4.45. The van der Waals surface area contributed by atoms with Crippen molar-refractivity contribution in [3.63, 3.8) is 0 Å². The number of pyridine rings is 1. The van der Waals surface area contributed by atoms with Gasteiger partial charge in [0.25, 0.3) is 5.56 Å². The molecule has 5 nitrogen and oxygen atoms in total. The van der Waals surface area contributed by atoms with Gasteiger partial charge in [-0.3, -0.25) is 14.1 Å². The Balaban J connectivity index is 1.30. The second-order valence-corrected chi connectivity index (χ2v) is 7.49. The zero-order valence-corrected chi connectivity index (χ0v) is 14.7. The van der Waals surface area contributed by atoms with Crippen molar-refractivity contribution in [1.29, 1.82) is 0 Å². The molecule has 2 atom stereocenters. The van der Waals surface area contributed by atoms with Gasteiger partial charge in [-0.25, -0.2) is 4.98 Å². The largest absolute Gasteiger partial charge is 0.356 e. The molecule has 0 N–H and O–H groups in total. The summed E-state index contributed by atoms with van der Waals surface area (Å²) in [6, 6.07) is 18.0. The van der Waals surface area contributed by atoms with Gasteiger partial charge >= 0.3 is 0 Å². The summed E-state index contributed by atoms with van der Waals surface area (Å²) in [5.74, 6) is 2.15. The van der Waals surface area contributed by atoms with Crippen LogP contribution in [-0.4, -0.2) is 40.5 Å². The molecule has 132 valence electrons. The Labute approximate surface area is 152 Å². The number of nitrogens with zero attached hydrogens (tertiary/aromatic N) is 4. The molecule has 5 heteroatoms. The smallest absolute Gasteiger partial charge is 0.259 e. The molecule has 2 saturated heterocycles. The van der Waals surface area contributed by atoms with Gasteiger partial charge in [-0.1, -0.05) is 36.4 Å². The van der Waals surface area contributed by atoms with Gasteiger partial charge < -0.3 is 4.90 Å². The van der Waals surface area contributed by atoms with Crippen molar-refractivity contribution in [2.75, 3.05) is 31.1 Å². The zero-order valence-electron chi connectivity index (χ0n) is 14.7. The topological polar surface area (TPSA) is 40.9 Å². The van der Waals surface area contributed by atoms with E-state index in [1.54, 1.807) is 16.7 Å². The molecule has 26 heavy (non-hydrogen) atoms. The number of aromatic nitrogens is 2. The highest BCUT2D eigenvalue weighted by atomic mass is 16.1. The summed E-state index contributed by atoms with van der Waals surface area (Å²) in [4.78, 5) is 21.9. The van der Waals surface area contributed by atoms with Crippen LogP contribution < -0.4 is 10.5 Å². The van der Waals surface area contributed by atoms with Gasteiger partial charge in [0, 0.05) is 45.0 Å². The molecule has 4 heterocycles. The number of fused-ring (bicyclic) bond motifs is 2. The summed E-state index contributed by atoms with van der Waals surface area (Å²) >= 11 is 0. The first kappa shape index (κ1) is 15.6. The third-order valence-electron chi connectivity index (χ3n) is 5.69. The van der Waals surface area contributed by atoms with Crippen molar-refractivity contribution in [2.45, 2.75) is 6.54 Å². The molecule has 0 bridgehead atoms. The van der Waals surface area contributed by atoms with E-state index in [0.717, 1.165) is 44.2 Å². The predicted molar refractivity (Wildman–Crippen MR) is 102 cm³/mol. The quantitative estimate of drug-likeness (QED) is 0.729. The summed E-state index contributed by atoms with van der Waals surface area (Å²) in [7, 11) is 0. The van der Waals surface area contributed by atoms with Crippen LogP contribution in [0.5, 0.6) is 0 Å². The highest BCUT2D eigenvalue weighted by Crippen LogP contribution is 2.33. The van der Waals surface area contributed by atoms with Crippen molar-refractivity contribution < 1.29 is 0 Å². The number of benzene rings is 1. The summed E-state index contributed by atoms with van der Waals surface area (Å²) in [6.45, 7) is 5.27. The molecule has 0 radical (unpaired) electrons. The van der Waals surface area contributed by atoms with Crippen LogP contribution in [0.15, 0.2) is 65.6 Å². The predicted octanol–water partition coefficient (Wildman–Crippen LogP) is 2.26. The summed E-state index contributed by atoms with van der Waals surface area (Å²) in [5.41, 5.74) is 2.10. The van der Waals surface area contributed by atoms with Gasteiger partial charge in [0.05, 0.1) is 0 Å². The minimum atomic E-state index is -0.00614. The van der Waals surface area contributed by atoms with Gasteiger partial charge in [-0.05, 0) is 29.5 Å². The molecule has 3 aromatic rings. The summed E-state index contributed by atoms with van der Waals surface area (Å²) in [5, 5.41) is 0. The molecule has 0 amide bonds. The minimum Gasteiger partial charge on any atom is -0.356 e. The Kier molecular flexibility index (Phi) is 3.75. The molecule has 0 saturated carbocycles. The second-order valence-electron chi connectivity index (χ2n) is 7.49. The average molecular weight is 346 g/mol. The Hall–Kier alpha value is -2.66. The van der Waals surface area contributed by atoms with Gasteiger partial charge in [-0.2, -0.15) is 0 Å². The van der Waals surface area contributed by atoms with Crippen LogP contribution in [0.4, 0.5) is 5.82 Å². The van der Waals surface area contributed by atoms with Gasteiger partial charge in [0.2, 0.25) is 0 Å². The fourth-order valence-corrected chi connectivity index (χ4v) is 4.45. The monoisotopic (exact) mass is 346 g/mol. The first-order valence-electron chi connectivity index (χ1n) is 9.26. The fraction of sp³-hybridized carbons (Fsp3) is 0.333. The van der Waals surface area contributed by atoms with E-state index in [9.17, 15) is 4.79 Å². The van der Waals surface area contributed by atoms with Gasteiger partial charge in [0.15, 0.2) is 0 Å². The summed E-state index contributed by atoms with van der Waals surface area (Å²) < 4.78 is 1.60. The van der Waals surface area contributed by atoms with Crippen LogP contribution in [-0.2, 0) is 6.54 Å². The van der Waals surface area contributed by atoms with Crippen molar-refractivity contribution in [3.8, 4) is 0 Å². The number of hydrogen-bond donors (Lipinski definition) is 0. The average Bonchev–Trinajstić information content (AvgIpc) is 3.21. The number of hydrogen-bond acceptors (Lipinski definition) is 4. The normalized spacial score (nSPS) is 22.8. The van der Waals surface area contributed by atoms with Crippen LogP contribution in [0.25, 0.3) is 5.65 Å². The summed E-state index contributed by atoms with van der Waals surface area (Å²) in [6.07, 6.45) is 1.77. The molecule has 2 fully saturated rings. The molecule has 5 rings (SSSR count). The molecular formula is C21H22N4O. The molecule has 0 spiro atoms. The maximum absolute atomic E-state index is 12.3. The third kappa shape index (κ3) is 2.78. The van der Waals surface area contributed by atoms with Crippen molar-refractivity contribution in [1.82, 2.24) is 14.3 Å². The zero-order chi connectivity index (χ0) is 17.5. The first-order chi connectivity index (χ1) is 12.8. The first-order valence-corrected chi connectivity index (χ1v) is 9.26. The molecule has 2 aliphatic heterocycles. The van der Waals surface area contributed by atoms with Crippen LogP contribution in [0.2, 0.25) is 0 Å². The minimum absolute atomic E-state index is 0.00614. The SMILES string of the molecule is O=c1cc(N2CC3CN(Cc4ccccc4)CC3C2)nc2ccccn12. The van der Waals surface area contributed by atoms with Crippen molar-refractivity contribution in [2.24, 2.45) is 11.8 Å². The highest BCUT2D eigenvalue weighted by molar-refractivity contribution is 5.49. The van der Waals surface area contributed by atoms with Crippen molar-refractivity contribution in [3.05, 3.63) is 76.7 Å². The second kappa shape index (κ2) is 6.25. The lowest BCUT2D eigenvalue weighted by Gasteiger charge is -2.22. The number of rotatable bonds is 3. The van der Waals surface area contributed by atoms with Crippen molar-refractivity contribution >= 4 is 11.5 Å². The molecule has 2 aliphatic rings. The lowest BCUT2D eigenvalue weighted by atomic mass is 10.0. The van der Waals surface area contributed by atoms with E-state index in [1.807, 2.05) is 18.2 Å². The maximum Gasteiger partial charge on any atom is 0.259 e. The standard InChI is InChI=1S/C21H22N4O/c26-21-10-20(22-19-8-4-5-9-25(19)21)24-14-17-12-23(13-18(17)15-24)11-16-6-2-1-3-7-16/h1-10,17-18H,11-15H2. The Morgan fingerprint density at radius 3 is 2.42 bits per heavy atom. The van der Waals surface area contributed by atoms with Gasteiger partial charge in [0.1, 0.15) is 11.5 Å². The Morgan fingerprint density at radius 1 is 0.923 bits per heavy atom. The highest BCUT2D eigenvalue weighted by Gasteiger charge is 2.40. The van der Waals surface area contributed by atoms with Gasteiger partial charge in [-0.15, -0.1) is 0 Å². The van der Waals surface area contributed by atoms with E-state index in [-0.39, 0.29) is 5.56 Å². The van der Waals surface area contributed by atoms with E-state index in [0.29, 0.717) is 11.8 Å². The van der Waals surface area contributed by atoms with E-state index >= 15 is 0 Å². The Bertz CT molecular complexity index is 970. The van der Waals surface area contributed by atoms with Crippen LogP contribution in [0.1, 0.15) is 5.56 Å². The van der Waals surface area contributed by atoms with E-state index in [2.05, 4.69) is 40.1 Å². The number of likely N-dealkylation sites (tertiary alicyclic amines) is 1. The number of anilines is 1. The molecule has 0 aliphatic carbocycles. The van der Waals surface area contributed by atoms with E-state index < -0.39 is 0 Å². The van der Waals surface area contributed by atoms with E-state index in [1.165, 1.54) is 5.56 Å². The third-order valence-corrected chi connectivity index (χ3v) is 5.69. The van der Waals surface area contributed by atoms with Crippen LogP contribution in [0, 0.1) is 11.8 Å². The molecular weight excluding hydrogens is 324 g/mol. The maximum atomic E-state index is 12.3. The molecule has 2 unspecified atom stereocenters. The molecule has 2 aromatic heterocycles.